The fourth-order valence-electron chi connectivity index (χ4n) is 2.46. The molecule has 0 atom stereocenters. The number of rotatable bonds is 2. The zero-order valence-corrected chi connectivity index (χ0v) is 11.3. The molecule has 0 saturated carbocycles. The van der Waals surface area contributed by atoms with Crippen LogP contribution in [0.2, 0.25) is 0 Å². The SMILES string of the molecule is Cc1ccc(CC(=O)N2CCn3ccnc3C2)c(F)c1. The molecule has 1 aliphatic heterocycles. The number of halogens is 1. The van der Waals surface area contributed by atoms with Crippen LogP contribution in [0.4, 0.5) is 4.39 Å². The summed E-state index contributed by atoms with van der Waals surface area (Å²) in [6.45, 7) is 3.73. The highest BCUT2D eigenvalue weighted by Crippen LogP contribution is 2.15. The molecule has 0 unspecified atom stereocenters. The third kappa shape index (κ3) is 2.43. The second kappa shape index (κ2) is 5.07. The monoisotopic (exact) mass is 273 g/mol. The Labute approximate surface area is 116 Å². The maximum absolute atomic E-state index is 13.8. The van der Waals surface area contributed by atoms with Crippen molar-refractivity contribution < 1.29 is 9.18 Å². The summed E-state index contributed by atoms with van der Waals surface area (Å²) >= 11 is 0. The lowest BCUT2D eigenvalue weighted by Crippen LogP contribution is -2.39. The number of aryl methyl sites for hydroxylation is 1. The quantitative estimate of drug-likeness (QED) is 0.838. The minimum absolute atomic E-state index is 0.0537. The molecule has 2 heterocycles. The molecule has 0 aliphatic carbocycles. The minimum Gasteiger partial charge on any atom is -0.333 e. The molecule has 104 valence electrons. The lowest BCUT2D eigenvalue weighted by atomic mass is 10.1. The summed E-state index contributed by atoms with van der Waals surface area (Å²) in [7, 11) is 0. The number of benzene rings is 1. The van der Waals surface area contributed by atoms with E-state index in [-0.39, 0.29) is 18.1 Å². The Morgan fingerprint density at radius 2 is 2.25 bits per heavy atom. The van der Waals surface area contributed by atoms with E-state index < -0.39 is 0 Å². The van der Waals surface area contributed by atoms with Crippen LogP contribution >= 0.6 is 0 Å². The predicted octanol–water partition coefficient (Wildman–Crippen LogP) is 1.92. The van der Waals surface area contributed by atoms with Crippen molar-refractivity contribution in [1.82, 2.24) is 14.5 Å². The Bertz CT molecular complexity index is 650. The highest BCUT2D eigenvalue weighted by atomic mass is 19.1. The molecule has 1 aromatic carbocycles. The molecule has 2 aromatic rings. The summed E-state index contributed by atoms with van der Waals surface area (Å²) in [5, 5.41) is 0. The third-order valence-electron chi connectivity index (χ3n) is 3.65. The molecule has 0 spiro atoms. The molecule has 20 heavy (non-hydrogen) atoms. The van der Waals surface area contributed by atoms with E-state index in [0.29, 0.717) is 18.7 Å². The summed E-state index contributed by atoms with van der Waals surface area (Å²) in [6.07, 6.45) is 3.76. The Morgan fingerprint density at radius 1 is 1.40 bits per heavy atom. The van der Waals surface area contributed by atoms with Gasteiger partial charge in [0.05, 0.1) is 13.0 Å². The molecule has 4 nitrogen and oxygen atoms in total. The summed E-state index contributed by atoms with van der Waals surface area (Å²) in [4.78, 5) is 18.2. The van der Waals surface area contributed by atoms with Crippen molar-refractivity contribution in [3.05, 3.63) is 53.4 Å². The van der Waals surface area contributed by atoms with Gasteiger partial charge in [-0.1, -0.05) is 12.1 Å². The Morgan fingerprint density at radius 3 is 3.05 bits per heavy atom. The van der Waals surface area contributed by atoms with E-state index in [4.69, 9.17) is 0 Å². The first kappa shape index (κ1) is 12.8. The van der Waals surface area contributed by atoms with E-state index in [1.54, 1.807) is 17.2 Å². The van der Waals surface area contributed by atoms with Gasteiger partial charge in [-0.15, -0.1) is 0 Å². The smallest absolute Gasteiger partial charge is 0.227 e. The number of carbonyl (C=O) groups excluding carboxylic acids is 1. The second-order valence-corrected chi connectivity index (χ2v) is 5.12. The number of hydrogen-bond donors (Lipinski definition) is 0. The van der Waals surface area contributed by atoms with E-state index in [9.17, 15) is 9.18 Å². The van der Waals surface area contributed by atoms with Gasteiger partial charge in [0, 0.05) is 25.5 Å². The van der Waals surface area contributed by atoms with Crippen molar-refractivity contribution in [2.75, 3.05) is 6.54 Å². The average molecular weight is 273 g/mol. The molecule has 1 aliphatic rings. The average Bonchev–Trinajstić information content (AvgIpc) is 2.89. The molecule has 0 bridgehead atoms. The van der Waals surface area contributed by atoms with Crippen molar-refractivity contribution in [3.8, 4) is 0 Å². The largest absolute Gasteiger partial charge is 0.333 e. The first-order valence-corrected chi connectivity index (χ1v) is 6.66. The number of amides is 1. The van der Waals surface area contributed by atoms with Crippen LogP contribution in [0.1, 0.15) is 17.0 Å². The topological polar surface area (TPSA) is 38.1 Å². The van der Waals surface area contributed by atoms with Gasteiger partial charge in [-0.05, 0) is 24.1 Å². The summed E-state index contributed by atoms with van der Waals surface area (Å²) in [5.41, 5.74) is 1.31. The molecule has 1 amide bonds. The number of aromatic nitrogens is 2. The van der Waals surface area contributed by atoms with Crippen LogP contribution in [0.15, 0.2) is 30.6 Å². The van der Waals surface area contributed by atoms with Gasteiger partial charge in [0.25, 0.3) is 0 Å². The van der Waals surface area contributed by atoms with Crippen LogP contribution < -0.4 is 0 Å². The second-order valence-electron chi connectivity index (χ2n) is 5.12. The van der Waals surface area contributed by atoms with E-state index in [2.05, 4.69) is 4.98 Å². The van der Waals surface area contributed by atoms with Gasteiger partial charge in [-0.2, -0.15) is 0 Å². The van der Waals surface area contributed by atoms with E-state index in [1.807, 2.05) is 23.8 Å². The van der Waals surface area contributed by atoms with E-state index >= 15 is 0 Å². The van der Waals surface area contributed by atoms with Gasteiger partial charge >= 0.3 is 0 Å². The number of hydrogen-bond acceptors (Lipinski definition) is 2. The van der Waals surface area contributed by atoms with Gasteiger partial charge in [0.1, 0.15) is 11.6 Å². The van der Waals surface area contributed by atoms with E-state index in [0.717, 1.165) is 17.9 Å². The molecule has 0 radical (unpaired) electrons. The Kier molecular flexibility index (Phi) is 3.26. The van der Waals surface area contributed by atoms with Crippen molar-refractivity contribution in [3.63, 3.8) is 0 Å². The molecule has 5 heteroatoms. The van der Waals surface area contributed by atoms with Crippen LogP contribution in [-0.4, -0.2) is 26.9 Å². The lowest BCUT2D eigenvalue weighted by molar-refractivity contribution is -0.132. The maximum atomic E-state index is 13.8. The molecule has 1 aromatic heterocycles. The van der Waals surface area contributed by atoms with Crippen LogP contribution in [0, 0.1) is 12.7 Å². The Balaban J connectivity index is 1.71. The highest BCUT2D eigenvalue weighted by molar-refractivity contribution is 5.78. The standard InChI is InChI=1S/C15H16FN3O/c1-11-2-3-12(13(16)8-11)9-15(20)19-7-6-18-5-4-17-14(18)10-19/h2-5,8H,6-7,9-10H2,1H3. The van der Waals surface area contributed by atoms with Gasteiger partial charge in [0.15, 0.2) is 0 Å². The predicted molar refractivity (Wildman–Crippen MR) is 72.5 cm³/mol. The van der Waals surface area contributed by atoms with Crippen LogP contribution in [-0.2, 0) is 24.3 Å². The van der Waals surface area contributed by atoms with Crippen molar-refractivity contribution in [2.24, 2.45) is 0 Å². The molecular formula is C15H16FN3O. The highest BCUT2D eigenvalue weighted by Gasteiger charge is 2.21. The van der Waals surface area contributed by atoms with Crippen molar-refractivity contribution in [2.45, 2.75) is 26.4 Å². The molecule has 0 N–H and O–H groups in total. The summed E-state index contributed by atoms with van der Waals surface area (Å²) in [5.74, 6) is 0.521. The first-order chi connectivity index (χ1) is 9.63. The van der Waals surface area contributed by atoms with Crippen LogP contribution in [0.25, 0.3) is 0 Å². The molecule has 0 fully saturated rings. The van der Waals surface area contributed by atoms with E-state index in [1.165, 1.54) is 6.07 Å². The fraction of sp³-hybridized carbons (Fsp3) is 0.333. The zero-order chi connectivity index (χ0) is 14.1. The van der Waals surface area contributed by atoms with Crippen molar-refractivity contribution >= 4 is 5.91 Å². The van der Waals surface area contributed by atoms with Gasteiger partial charge < -0.3 is 9.47 Å². The fourth-order valence-corrected chi connectivity index (χ4v) is 2.46. The molecular weight excluding hydrogens is 257 g/mol. The van der Waals surface area contributed by atoms with Gasteiger partial charge in [0.2, 0.25) is 5.91 Å². The normalized spacial score (nSPS) is 14.2. The van der Waals surface area contributed by atoms with Crippen LogP contribution in [0.5, 0.6) is 0 Å². The maximum Gasteiger partial charge on any atom is 0.227 e. The molecule has 3 rings (SSSR count). The number of nitrogens with zero attached hydrogens (tertiary/aromatic N) is 3. The lowest BCUT2D eigenvalue weighted by Gasteiger charge is -2.27. The minimum atomic E-state index is -0.308. The Hall–Kier alpha value is -2.17. The summed E-state index contributed by atoms with van der Waals surface area (Å²) < 4.78 is 15.8. The summed E-state index contributed by atoms with van der Waals surface area (Å²) in [6, 6.07) is 4.98. The van der Waals surface area contributed by atoms with Crippen LogP contribution in [0.3, 0.4) is 0 Å². The molecule has 0 saturated heterocycles. The van der Waals surface area contributed by atoms with Crippen molar-refractivity contribution in [1.29, 1.82) is 0 Å². The number of fused-ring (bicyclic) bond motifs is 1. The number of carbonyl (C=O) groups is 1. The third-order valence-corrected chi connectivity index (χ3v) is 3.65. The zero-order valence-electron chi connectivity index (χ0n) is 11.3. The van der Waals surface area contributed by atoms with Gasteiger partial charge in [-0.25, -0.2) is 9.37 Å². The number of imidazole rings is 1. The van der Waals surface area contributed by atoms with Gasteiger partial charge in [-0.3, -0.25) is 4.79 Å². The first-order valence-electron chi connectivity index (χ1n) is 6.66.